The van der Waals surface area contributed by atoms with Crippen LogP contribution in [0, 0.1) is 0 Å². The average molecular weight is 457 g/mol. The highest BCUT2D eigenvalue weighted by Gasteiger charge is 2.29. The number of ether oxygens (including phenoxy) is 1. The van der Waals surface area contributed by atoms with Crippen LogP contribution in [-0.4, -0.2) is 43.3 Å². The number of esters is 1. The third kappa shape index (κ3) is 4.86. The fraction of sp³-hybridized carbons (Fsp3) is 0.417. The average Bonchev–Trinajstić information content (AvgIpc) is 3.31. The normalized spacial score (nSPS) is 18.0. The molecule has 0 radical (unpaired) electrons. The predicted octanol–water partition coefficient (Wildman–Crippen LogP) is 3.04. The lowest BCUT2D eigenvalue weighted by atomic mass is 10.0. The van der Waals surface area contributed by atoms with Gasteiger partial charge in [-0.2, -0.15) is 4.31 Å². The Kier molecular flexibility index (Phi) is 6.62. The second-order valence-electron chi connectivity index (χ2n) is 8.42. The number of carbonyl (C=O) groups is 2. The summed E-state index contributed by atoms with van der Waals surface area (Å²) >= 11 is 0. The van der Waals surface area contributed by atoms with Crippen LogP contribution in [0.1, 0.15) is 54.1 Å². The van der Waals surface area contributed by atoms with Gasteiger partial charge >= 0.3 is 5.97 Å². The number of amides is 1. The van der Waals surface area contributed by atoms with Crippen molar-refractivity contribution in [1.29, 1.82) is 0 Å². The molecule has 1 N–H and O–H groups in total. The predicted molar refractivity (Wildman–Crippen MR) is 119 cm³/mol. The molecule has 0 spiro atoms. The monoisotopic (exact) mass is 456 g/mol. The van der Waals surface area contributed by atoms with E-state index in [9.17, 15) is 18.0 Å². The molecule has 1 atom stereocenters. The Morgan fingerprint density at radius 1 is 1.06 bits per heavy atom. The summed E-state index contributed by atoms with van der Waals surface area (Å²) in [6.45, 7) is 2.20. The molecule has 4 rings (SSSR count). The van der Waals surface area contributed by atoms with E-state index in [0.29, 0.717) is 19.5 Å². The molecular weight excluding hydrogens is 428 g/mol. The number of nitrogens with zero attached hydrogens (tertiary/aromatic N) is 1. The summed E-state index contributed by atoms with van der Waals surface area (Å²) in [7, 11) is -3.78. The van der Waals surface area contributed by atoms with Gasteiger partial charge in [-0.05, 0) is 55.5 Å². The van der Waals surface area contributed by atoms with Crippen molar-refractivity contribution in [1.82, 2.24) is 9.62 Å². The summed E-state index contributed by atoms with van der Waals surface area (Å²) in [6, 6.07) is 13.7. The summed E-state index contributed by atoms with van der Waals surface area (Å²) in [5.74, 6) is -1.05. The summed E-state index contributed by atoms with van der Waals surface area (Å²) in [5, 5.41) is 2.90. The summed E-state index contributed by atoms with van der Waals surface area (Å²) in [6.07, 6.45) is 3.74. The van der Waals surface area contributed by atoms with Gasteiger partial charge in [0.1, 0.15) is 0 Å². The summed E-state index contributed by atoms with van der Waals surface area (Å²) < 4.78 is 33.1. The maximum atomic E-state index is 13.2. The number of fused-ring (bicyclic) bond motifs is 1. The molecular formula is C24H28N2O5S. The van der Waals surface area contributed by atoms with Gasteiger partial charge < -0.3 is 10.1 Å². The van der Waals surface area contributed by atoms with Gasteiger partial charge in [0, 0.05) is 19.1 Å². The van der Waals surface area contributed by atoms with E-state index in [1.807, 2.05) is 24.3 Å². The first-order valence-corrected chi connectivity index (χ1v) is 12.5. The SMILES string of the molecule is C[C@H](OC(=O)c1cccc(S(=O)(=O)N2CCc3ccccc3C2)c1)C(=O)NC1CCCC1. The lowest BCUT2D eigenvalue weighted by Crippen LogP contribution is -2.40. The Hall–Kier alpha value is -2.71. The first-order chi connectivity index (χ1) is 15.3. The fourth-order valence-corrected chi connectivity index (χ4v) is 5.74. The van der Waals surface area contributed by atoms with E-state index in [1.54, 1.807) is 0 Å². The standard InChI is InChI=1S/C24H28N2O5S/c1-17(23(27)25-21-10-4-5-11-21)31-24(28)19-9-6-12-22(15-19)32(29,30)26-14-13-18-7-2-3-8-20(18)16-26/h2-3,6-9,12,15,17,21H,4-5,10-11,13-14,16H2,1H3,(H,25,27)/t17-/m0/s1. The van der Waals surface area contributed by atoms with Gasteiger partial charge in [-0.25, -0.2) is 13.2 Å². The number of carbonyl (C=O) groups excluding carboxylic acids is 2. The van der Waals surface area contributed by atoms with Crippen molar-refractivity contribution < 1.29 is 22.7 Å². The highest BCUT2D eigenvalue weighted by Crippen LogP contribution is 2.25. The van der Waals surface area contributed by atoms with Crippen LogP contribution in [0.3, 0.4) is 0 Å². The zero-order valence-electron chi connectivity index (χ0n) is 18.1. The molecule has 7 nitrogen and oxygen atoms in total. The van der Waals surface area contributed by atoms with E-state index in [2.05, 4.69) is 5.32 Å². The van der Waals surface area contributed by atoms with E-state index in [0.717, 1.165) is 36.8 Å². The second kappa shape index (κ2) is 9.42. The third-order valence-electron chi connectivity index (χ3n) is 6.16. The van der Waals surface area contributed by atoms with Crippen LogP contribution >= 0.6 is 0 Å². The number of hydrogen-bond donors (Lipinski definition) is 1. The van der Waals surface area contributed by atoms with Crippen LogP contribution in [0.15, 0.2) is 53.4 Å². The topological polar surface area (TPSA) is 92.8 Å². The van der Waals surface area contributed by atoms with Crippen molar-refractivity contribution in [2.24, 2.45) is 0 Å². The maximum Gasteiger partial charge on any atom is 0.338 e. The highest BCUT2D eigenvalue weighted by atomic mass is 32.2. The number of sulfonamides is 1. The summed E-state index contributed by atoms with van der Waals surface area (Å²) in [4.78, 5) is 24.9. The van der Waals surface area contributed by atoms with Crippen LogP contribution in [0.2, 0.25) is 0 Å². The van der Waals surface area contributed by atoms with Gasteiger partial charge in [0.2, 0.25) is 10.0 Å². The molecule has 0 aromatic heterocycles. The Morgan fingerprint density at radius 2 is 1.78 bits per heavy atom. The molecule has 0 saturated heterocycles. The van der Waals surface area contributed by atoms with Crippen LogP contribution in [0.4, 0.5) is 0 Å². The zero-order chi connectivity index (χ0) is 22.7. The molecule has 32 heavy (non-hydrogen) atoms. The second-order valence-corrected chi connectivity index (χ2v) is 10.4. The maximum absolute atomic E-state index is 13.2. The molecule has 2 aliphatic rings. The largest absolute Gasteiger partial charge is 0.449 e. The molecule has 2 aromatic carbocycles. The van der Waals surface area contributed by atoms with E-state index in [4.69, 9.17) is 4.74 Å². The van der Waals surface area contributed by atoms with E-state index >= 15 is 0 Å². The molecule has 8 heteroatoms. The lowest BCUT2D eigenvalue weighted by molar-refractivity contribution is -0.129. The third-order valence-corrected chi connectivity index (χ3v) is 8.00. The van der Waals surface area contributed by atoms with Gasteiger partial charge in [0.25, 0.3) is 5.91 Å². The molecule has 170 valence electrons. The number of nitrogens with one attached hydrogen (secondary N) is 1. The Morgan fingerprint density at radius 3 is 2.53 bits per heavy atom. The van der Waals surface area contributed by atoms with Crippen molar-refractivity contribution in [2.45, 2.75) is 62.6 Å². The molecule has 0 unspecified atom stereocenters. The summed E-state index contributed by atoms with van der Waals surface area (Å²) in [5.41, 5.74) is 2.24. The molecule has 1 amide bonds. The van der Waals surface area contributed by atoms with E-state index in [-0.39, 0.29) is 22.4 Å². The van der Waals surface area contributed by atoms with Crippen molar-refractivity contribution in [2.75, 3.05) is 6.54 Å². The van der Waals surface area contributed by atoms with Crippen molar-refractivity contribution in [3.63, 3.8) is 0 Å². The molecule has 2 aromatic rings. The molecule has 1 aliphatic carbocycles. The quantitative estimate of drug-likeness (QED) is 0.675. The first kappa shape index (κ1) is 22.5. The van der Waals surface area contributed by atoms with Gasteiger partial charge in [-0.3, -0.25) is 4.79 Å². The van der Waals surface area contributed by atoms with Crippen LogP contribution in [0.25, 0.3) is 0 Å². The van der Waals surface area contributed by atoms with Crippen LogP contribution in [0.5, 0.6) is 0 Å². The minimum Gasteiger partial charge on any atom is -0.449 e. The van der Waals surface area contributed by atoms with E-state index in [1.165, 1.54) is 35.5 Å². The fourth-order valence-electron chi connectivity index (χ4n) is 4.28. The number of benzene rings is 2. The van der Waals surface area contributed by atoms with Gasteiger partial charge in [-0.15, -0.1) is 0 Å². The van der Waals surface area contributed by atoms with Crippen molar-refractivity contribution in [3.8, 4) is 0 Å². The number of rotatable bonds is 6. The van der Waals surface area contributed by atoms with Gasteiger partial charge in [-0.1, -0.05) is 43.2 Å². The first-order valence-electron chi connectivity index (χ1n) is 11.0. The van der Waals surface area contributed by atoms with E-state index < -0.39 is 22.1 Å². The minimum absolute atomic E-state index is 0.0365. The van der Waals surface area contributed by atoms with Gasteiger partial charge in [0.05, 0.1) is 10.5 Å². The van der Waals surface area contributed by atoms with Crippen molar-refractivity contribution in [3.05, 3.63) is 65.2 Å². The Labute approximate surface area is 188 Å². The molecule has 1 saturated carbocycles. The van der Waals surface area contributed by atoms with Crippen LogP contribution in [-0.2, 0) is 32.5 Å². The number of hydrogen-bond acceptors (Lipinski definition) is 5. The highest BCUT2D eigenvalue weighted by molar-refractivity contribution is 7.89. The minimum atomic E-state index is -3.78. The molecule has 1 heterocycles. The lowest BCUT2D eigenvalue weighted by Gasteiger charge is -2.28. The van der Waals surface area contributed by atoms with Gasteiger partial charge in [0.15, 0.2) is 6.10 Å². The zero-order valence-corrected chi connectivity index (χ0v) is 18.9. The Balaban J connectivity index is 1.44. The Bertz CT molecular complexity index is 1110. The molecule has 1 aliphatic heterocycles. The molecule has 0 bridgehead atoms. The molecule has 1 fully saturated rings. The van der Waals surface area contributed by atoms with Crippen molar-refractivity contribution >= 4 is 21.9 Å². The smallest absolute Gasteiger partial charge is 0.338 e. The van der Waals surface area contributed by atoms with Crippen LogP contribution < -0.4 is 5.32 Å².